The number of carbonyl (C=O) groups is 1. The summed E-state index contributed by atoms with van der Waals surface area (Å²) in [5, 5.41) is 17.9. The minimum absolute atomic E-state index is 0.0237. The summed E-state index contributed by atoms with van der Waals surface area (Å²) in [6.07, 6.45) is 1.79. The molecule has 9 heteroatoms. The van der Waals surface area contributed by atoms with Crippen molar-refractivity contribution in [2.45, 2.75) is 31.7 Å². The molecular formula is C16H24N6O2S. The molecule has 1 saturated heterocycles. The Bertz CT molecular complexity index is 728. The Morgan fingerprint density at radius 3 is 2.84 bits per heavy atom. The van der Waals surface area contributed by atoms with Crippen LogP contribution in [-0.2, 0) is 16.6 Å². The van der Waals surface area contributed by atoms with Gasteiger partial charge in [0, 0.05) is 51.0 Å². The van der Waals surface area contributed by atoms with Gasteiger partial charge in [0.15, 0.2) is 0 Å². The van der Waals surface area contributed by atoms with Crippen LogP contribution in [0.5, 0.6) is 0 Å². The van der Waals surface area contributed by atoms with Crippen molar-refractivity contribution in [2.24, 2.45) is 7.05 Å². The zero-order chi connectivity index (χ0) is 18.0. The smallest absolute Gasteiger partial charge is 0.246 e. The number of methoxy groups -OCH3 is 1. The van der Waals surface area contributed by atoms with E-state index in [4.69, 9.17) is 4.74 Å². The lowest BCUT2D eigenvalue weighted by atomic mass is 9.99. The van der Waals surface area contributed by atoms with Gasteiger partial charge in [0.2, 0.25) is 11.0 Å². The highest BCUT2D eigenvalue weighted by Crippen LogP contribution is 2.33. The van der Waals surface area contributed by atoms with Crippen molar-refractivity contribution in [3.63, 3.8) is 0 Å². The summed E-state index contributed by atoms with van der Waals surface area (Å²) in [5.41, 5.74) is 1.10. The van der Waals surface area contributed by atoms with Crippen LogP contribution in [-0.4, -0.2) is 58.7 Å². The van der Waals surface area contributed by atoms with Crippen LogP contribution < -0.4 is 10.2 Å². The normalized spacial score (nSPS) is 20.4. The van der Waals surface area contributed by atoms with Crippen LogP contribution in [0.2, 0.25) is 0 Å². The van der Waals surface area contributed by atoms with E-state index in [0.29, 0.717) is 12.5 Å². The van der Waals surface area contributed by atoms with Crippen molar-refractivity contribution in [2.75, 3.05) is 31.7 Å². The SMILES string of the molecule is COCC(=O)N[C@@H]1CN(c2nnc(C(C)C)s2)C[C@H]1c1ccnn1C. The lowest BCUT2D eigenvalue weighted by Gasteiger charge is -2.19. The zero-order valence-electron chi connectivity index (χ0n) is 15.0. The van der Waals surface area contributed by atoms with Crippen LogP contribution in [0.25, 0.3) is 0 Å². The van der Waals surface area contributed by atoms with Crippen LogP contribution in [0.1, 0.15) is 36.4 Å². The molecule has 3 rings (SSSR count). The van der Waals surface area contributed by atoms with Gasteiger partial charge in [-0.15, -0.1) is 10.2 Å². The molecule has 0 bridgehead atoms. The predicted octanol–water partition coefficient (Wildman–Crippen LogP) is 1.13. The van der Waals surface area contributed by atoms with Gasteiger partial charge in [0.25, 0.3) is 0 Å². The third-order valence-corrected chi connectivity index (χ3v) is 5.66. The van der Waals surface area contributed by atoms with Gasteiger partial charge in [-0.05, 0) is 6.07 Å². The number of nitrogens with zero attached hydrogens (tertiary/aromatic N) is 5. The first kappa shape index (κ1) is 17.8. The monoisotopic (exact) mass is 364 g/mol. The maximum Gasteiger partial charge on any atom is 0.246 e. The summed E-state index contributed by atoms with van der Waals surface area (Å²) < 4.78 is 6.81. The molecule has 2 aromatic heterocycles. The van der Waals surface area contributed by atoms with Crippen molar-refractivity contribution >= 4 is 22.4 Å². The van der Waals surface area contributed by atoms with E-state index in [-0.39, 0.29) is 24.5 Å². The van der Waals surface area contributed by atoms with E-state index in [1.54, 1.807) is 17.5 Å². The average Bonchev–Trinajstić information content (AvgIpc) is 3.26. The number of ether oxygens (including phenoxy) is 1. The van der Waals surface area contributed by atoms with Crippen LogP contribution in [0.15, 0.2) is 12.3 Å². The summed E-state index contributed by atoms with van der Waals surface area (Å²) in [6.45, 7) is 5.74. The lowest BCUT2D eigenvalue weighted by Crippen LogP contribution is -2.41. The molecule has 1 fully saturated rings. The van der Waals surface area contributed by atoms with Gasteiger partial charge in [-0.1, -0.05) is 25.2 Å². The maximum atomic E-state index is 12.0. The van der Waals surface area contributed by atoms with E-state index >= 15 is 0 Å². The Morgan fingerprint density at radius 1 is 1.44 bits per heavy atom. The van der Waals surface area contributed by atoms with Crippen molar-refractivity contribution in [1.29, 1.82) is 0 Å². The van der Waals surface area contributed by atoms with Crippen LogP contribution in [0, 0.1) is 0 Å². The molecule has 3 heterocycles. The number of amides is 1. The Hall–Kier alpha value is -2.00. The van der Waals surface area contributed by atoms with Gasteiger partial charge >= 0.3 is 0 Å². The Morgan fingerprint density at radius 2 is 2.24 bits per heavy atom. The minimum atomic E-state index is -0.110. The number of anilines is 1. The topological polar surface area (TPSA) is 85.2 Å². The minimum Gasteiger partial charge on any atom is -0.375 e. The highest BCUT2D eigenvalue weighted by molar-refractivity contribution is 7.15. The van der Waals surface area contributed by atoms with Gasteiger partial charge in [-0.25, -0.2) is 0 Å². The number of rotatable bonds is 6. The molecule has 1 N–H and O–H groups in total. The van der Waals surface area contributed by atoms with E-state index in [2.05, 4.69) is 39.4 Å². The molecule has 0 radical (unpaired) electrons. The van der Waals surface area contributed by atoms with Crippen molar-refractivity contribution in [3.05, 3.63) is 23.0 Å². The lowest BCUT2D eigenvalue weighted by molar-refractivity contribution is -0.125. The first-order chi connectivity index (χ1) is 12.0. The fourth-order valence-corrected chi connectivity index (χ4v) is 3.99. The van der Waals surface area contributed by atoms with Crippen LogP contribution in [0.4, 0.5) is 5.13 Å². The van der Waals surface area contributed by atoms with Gasteiger partial charge < -0.3 is 15.0 Å². The molecule has 0 unspecified atom stereocenters. The van der Waals surface area contributed by atoms with Crippen LogP contribution >= 0.6 is 11.3 Å². The van der Waals surface area contributed by atoms with Gasteiger partial charge in [-0.2, -0.15) is 5.10 Å². The number of aryl methyl sites for hydroxylation is 1. The molecule has 25 heavy (non-hydrogen) atoms. The van der Waals surface area contributed by atoms with E-state index in [0.717, 1.165) is 22.4 Å². The molecule has 0 aromatic carbocycles. The van der Waals surface area contributed by atoms with Gasteiger partial charge in [0.05, 0.1) is 6.04 Å². The van der Waals surface area contributed by atoms with Crippen LogP contribution in [0.3, 0.4) is 0 Å². The Labute approximate surface area is 151 Å². The number of carbonyl (C=O) groups excluding carboxylic acids is 1. The number of aromatic nitrogens is 4. The summed E-state index contributed by atoms with van der Waals surface area (Å²) >= 11 is 1.62. The molecule has 2 atom stereocenters. The molecule has 1 amide bonds. The van der Waals surface area contributed by atoms with Gasteiger partial charge in [-0.3, -0.25) is 9.48 Å². The van der Waals surface area contributed by atoms with E-state index in [1.165, 1.54) is 7.11 Å². The fraction of sp³-hybridized carbons (Fsp3) is 0.625. The van der Waals surface area contributed by atoms with Crippen molar-refractivity contribution < 1.29 is 9.53 Å². The summed E-state index contributed by atoms with van der Waals surface area (Å²) in [4.78, 5) is 14.2. The fourth-order valence-electron chi connectivity index (χ4n) is 3.12. The number of nitrogens with one attached hydrogen (secondary N) is 1. The first-order valence-electron chi connectivity index (χ1n) is 8.34. The molecule has 8 nitrogen and oxygen atoms in total. The summed E-state index contributed by atoms with van der Waals surface area (Å²) in [7, 11) is 3.45. The highest BCUT2D eigenvalue weighted by Gasteiger charge is 2.37. The third-order valence-electron chi connectivity index (χ3n) is 4.37. The average molecular weight is 364 g/mol. The second-order valence-corrected chi connectivity index (χ2v) is 7.56. The molecule has 136 valence electrons. The maximum absolute atomic E-state index is 12.0. The third kappa shape index (κ3) is 3.82. The molecule has 2 aromatic rings. The largest absolute Gasteiger partial charge is 0.375 e. The molecule has 0 saturated carbocycles. The quantitative estimate of drug-likeness (QED) is 0.827. The molecule has 0 spiro atoms. The van der Waals surface area contributed by atoms with E-state index < -0.39 is 0 Å². The highest BCUT2D eigenvalue weighted by atomic mass is 32.1. The standard InChI is InChI=1S/C16H24N6O2S/c1-10(2)15-19-20-16(25-15)22-7-11(13-5-6-17-21(13)3)12(8-22)18-14(23)9-24-4/h5-6,10-12H,7-9H2,1-4H3,(H,18,23)/t11-,12-/m1/s1. The van der Waals surface area contributed by atoms with E-state index in [1.807, 2.05) is 17.8 Å². The number of hydrogen-bond acceptors (Lipinski definition) is 7. The molecule has 1 aliphatic rings. The second-order valence-electron chi connectivity index (χ2n) is 6.58. The van der Waals surface area contributed by atoms with E-state index in [9.17, 15) is 4.79 Å². The zero-order valence-corrected chi connectivity index (χ0v) is 15.8. The predicted molar refractivity (Wildman–Crippen MR) is 96.0 cm³/mol. The van der Waals surface area contributed by atoms with Gasteiger partial charge in [0.1, 0.15) is 11.6 Å². The Balaban J connectivity index is 1.81. The van der Waals surface area contributed by atoms with Crippen molar-refractivity contribution in [1.82, 2.24) is 25.3 Å². The molecular weight excluding hydrogens is 340 g/mol. The molecule has 1 aliphatic heterocycles. The van der Waals surface area contributed by atoms with Crippen molar-refractivity contribution in [3.8, 4) is 0 Å². The first-order valence-corrected chi connectivity index (χ1v) is 9.15. The molecule has 0 aliphatic carbocycles. The number of hydrogen-bond donors (Lipinski definition) is 1. The summed E-state index contributed by atoms with van der Waals surface area (Å²) in [6, 6.07) is 1.98. The Kier molecular flexibility index (Phi) is 5.33. The summed E-state index contributed by atoms with van der Waals surface area (Å²) in [5.74, 6) is 0.389. The second kappa shape index (κ2) is 7.49.